The van der Waals surface area contributed by atoms with E-state index in [1.54, 1.807) is 12.4 Å². The highest BCUT2D eigenvalue weighted by Crippen LogP contribution is 2.32. The summed E-state index contributed by atoms with van der Waals surface area (Å²) in [4.78, 5) is 15.9. The number of imidazole rings is 1. The van der Waals surface area contributed by atoms with Gasteiger partial charge in [0.25, 0.3) is 0 Å². The van der Waals surface area contributed by atoms with Crippen molar-refractivity contribution in [2.24, 2.45) is 0 Å². The summed E-state index contributed by atoms with van der Waals surface area (Å²) < 4.78 is 1.98. The largest absolute Gasteiger partial charge is 0.292 e. The van der Waals surface area contributed by atoms with Gasteiger partial charge >= 0.3 is 0 Å². The van der Waals surface area contributed by atoms with E-state index >= 15 is 0 Å². The third-order valence-corrected chi connectivity index (χ3v) is 4.01. The maximum Gasteiger partial charge on any atom is 0.156 e. The van der Waals surface area contributed by atoms with E-state index in [2.05, 4.69) is 28.7 Å². The first-order valence-electron chi connectivity index (χ1n) is 7.25. The Labute approximate surface area is 119 Å². The molecule has 5 nitrogen and oxygen atoms in total. The van der Waals surface area contributed by atoms with Gasteiger partial charge in [0.15, 0.2) is 5.82 Å². The molecule has 20 heavy (non-hydrogen) atoms. The van der Waals surface area contributed by atoms with Gasteiger partial charge in [-0.15, -0.1) is 0 Å². The van der Waals surface area contributed by atoms with Crippen molar-refractivity contribution in [3.05, 3.63) is 36.3 Å². The molecule has 3 heterocycles. The lowest BCUT2D eigenvalue weighted by molar-refractivity contribution is 0.202. The summed E-state index contributed by atoms with van der Waals surface area (Å²) in [6.45, 7) is 7.62. The first-order chi connectivity index (χ1) is 9.66. The van der Waals surface area contributed by atoms with E-state index in [0.717, 1.165) is 23.9 Å². The minimum atomic E-state index is 0.395. The molecule has 1 aliphatic rings. The fourth-order valence-electron chi connectivity index (χ4n) is 2.99. The number of aromatic nitrogens is 4. The molecule has 1 fully saturated rings. The van der Waals surface area contributed by atoms with E-state index in [-0.39, 0.29) is 0 Å². The number of likely N-dealkylation sites (tertiary alicyclic amines) is 1. The Balaban J connectivity index is 1.94. The van der Waals surface area contributed by atoms with Crippen molar-refractivity contribution in [1.29, 1.82) is 0 Å². The molecule has 2 aromatic rings. The van der Waals surface area contributed by atoms with Crippen LogP contribution in [-0.4, -0.2) is 37.0 Å². The molecule has 0 spiro atoms. The second-order valence-electron chi connectivity index (χ2n) is 5.64. The summed E-state index contributed by atoms with van der Waals surface area (Å²) in [5, 5.41) is 0. The molecule has 5 heteroatoms. The normalized spacial score (nSPS) is 19.9. The van der Waals surface area contributed by atoms with Crippen LogP contribution in [0.1, 0.15) is 44.2 Å². The van der Waals surface area contributed by atoms with E-state index < -0.39 is 0 Å². The summed E-state index contributed by atoms with van der Waals surface area (Å²) in [5.74, 6) is 1.79. The first kappa shape index (κ1) is 13.2. The lowest BCUT2D eigenvalue weighted by Crippen LogP contribution is -2.30. The Morgan fingerprint density at radius 1 is 1.30 bits per heavy atom. The molecule has 3 rings (SSSR count). The lowest BCUT2D eigenvalue weighted by atomic mass is 10.1. The second-order valence-corrected chi connectivity index (χ2v) is 5.64. The van der Waals surface area contributed by atoms with Gasteiger partial charge < -0.3 is 0 Å². The Morgan fingerprint density at radius 3 is 2.85 bits per heavy atom. The second kappa shape index (κ2) is 5.32. The zero-order valence-electron chi connectivity index (χ0n) is 12.3. The summed E-state index contributed by atoms with van der Waals surface area (Å²) in [6, 6.07) is 0.939. The van der Waals surface area contributed by atoms with Gasteiger partial charge in [0.05, 0.1) is 24.1 Å². The molecule has 0 radical (unpaired) electrons. The van der Waals surface area contributed by atoms with Gasteiger partial charge in [-0.25, -0.2) is 9.97 Å². The van der Waals surface area contributed by atoms with Gasteiger partial charge in [-0.3, -0.25) is 14.5 Å². The summed E-state index contributed by atoms with van der Waals surface area (Å²) in [6.07, 6.45) is 9.82. The fourth-order valence-corrected chi connectivity index (χ4v) is 2.99. The van der Waals surface area contributed by atoms with Crippen molar-refractivity contribution in [3.63, 3.8) is 0 Å². The predicted molar refractivity (Wildman–Crippen MR) is 77.7 cm³/mol. The molecule has 0 N–H and O–H groups in total. The Kier molecular flexibility index (Phi) is 3.53. The summed E-state index contributed by atoms with van der Waals surface area (Å²) in [7, 11) is 0. The van der Waals surface area contributed by atoms with Crippen molar-refractivity contribution in [2.45, 2.75) is 45.7 Å². The molecule has 1 atom stereocenters. The highest BCUT2D eigenvalue weighted by atomic mass is 15.2. The van der Waals surface area contributed by atoms with Crippen LogP contribution in [0.2, 0.25) is 0 Å². The van der Waals surface area contributed by atoms with Gasteiger partial charge in [0.2, 0.25) is 0 Å². The maximum atomic E-state index is 4.81. The zero-order chi connectivity index (χ0) is 14.1. The summed E-state index contributed by atoms with van der Waals surface area (Å²) >= 11 is 0. The van der Waals surface area contributed by atoms with Crippen LogP contribution in [0, 0.1) is 6.92 Å². The van der Waals surface area contributed by atoms with Crippen LogP contribution in [0.25, 0.3) is 5.82 Å². The quantitative estimate of drug-likeness (QED) is 0.860. The minimum Gasteiger partial charge on any atom is -0.292 e. The third kappa shape index (κ3) is 2.33. The van der Waals surface area contributed by atoms with E-state index in [1.165, 1.54) is 12.8 Å². The predicted octanol–water partition coefficient (Wildman–Crippen LogP) is 2.52. The van der Waals surface area contributed by atoms with Crippen LogP contribution in [-0.2, 0) is 0 Å². The topological polar surface area (TPSA) is 46.8 Å². The van der Waals surface area contributed by atoms with Crippen LogP contribution in [0.3, 0.4) is 0 Å². The van der Waals surface area contributed by atoms with Crippen LogP contribution >= 0.6 is 0 Å². The van der Waals surface area contributed by atoms with Crippen LogP contribution in [0.4, 0.5) is 0 Å². The van der Waals surface area contributed by atoms with Gasteiger partial charge in [-0.1, -0.05) is 0 Å². The molecule has 106 valence electrons. The van der Waals surface area contributed by atoms with Gasteiger partial charge in [0.1, 0.15) is 5.82 Å². The minimum absolute atomic E-state index is 0.395. The molecular weight excluding hydrogens is 250 g/mol. The Bertz CT molecular complexity index is 589. The van der Waals surface area contributed by atoms with Crippen molar-refractivity contribution in [1.82, 2.24) is 24.4 Å². The molecule has 0 aromatic carbocycles. The molecule has 1 saturated heterocycles. The number of aryl methyl sites for hydroxylation is 1. The van der Waals surface area contributed by atoms with E-state index in [4.69, 9.17) is 4.98 Å². The Hall–Kier alpha value is -1.75. The van der Waals surface area contributed by atoms with Gasteiger partial charge in [-0.05, 0) is 40.2 Å². The molecule has 0 aliphatic carbocycles. The van der Waals surface area contributed by atoms with E-state index in [0.29, 0.717) is 12.1 Å². The van der Waals surface area contributed by atoms with Crippen molar-refractivity contribution in [2.75, 3.05) is 6.54 Å². The van der Waals surface area contributed by atoms with Crippen LogP contribution in [0.15, 0.2) is 24.8 Å². The van der Waals surface area contributed by atoms with Gasteiger partial charge in [-0.2, -0.15) is 0 Å². The van der Waals surface area contributed by atoms with Crippen LogP contribution < -0.4 is 0 Å². The molecule has 0 bridgehead atoms. The van der Waals surface area contributed by atoms with E-state index in [1.807, 2.05) is 23.9 Å². The SMILES string of the molecule is Cc1nccn1-c1cncc([C@@H]2CCCN2C(C)C)n1. The highest BCUT2D eigenvalue weighted by Gasteiger charge is 2.29. The molecule has 1 aliphatic heterocycles. The fraction of sp³-hybridized carbons (Fsp3) is 0.533. The third-order valence-electron chi connectivity index (χ3n) is 4.01. The van der Waals surface area contributed by atoms with Crippen molar-refractivity contribution in [3.8, 4) is 5.82 Å². The standard InChI is InChI=1S/C15H21N5/c1-11(2)19-7-4-5-14(19)13-9-16-10-15(18-13)20-8-6-17-12(20)3/h6,8-11,14H,4-5,7H2,1-3H3/t14-/m0/s1. The molecule has 0 saturated carbocycles. The Morgan fingerprint density at radius 2 is 2.15 bits per heavy atom. The lowest BCUT2D eigenvalue weighted by Gasteiger charge is -2.27. The number of hydrogen-bond donors (Lipinski definition) is 0. The number of rotatable bonds is 3. The zero-order valence-corrected chi connectivity index (χ0v) is 12.3. The van der Waals surface area contributed by atoms with Gasteiger partial charge in [0, 0.05) is 18.4 Å². The number of hydrogen-bond acceptors (Lipinski definition) is 4. The summed E-state index contributed by atoms with van der Waals surface area (Å²) in [5.41, 5.74) is 1.07. The first-order valence-corrected chi connectivity index (χ1v) is 7.25. The van der Waals surface area contributed by atoms with Crippen LogP contribution in [0.5, 0.6) is 0 Å². The van der Waals surface area contributed by atoms with Crippen molar-refractivity contribution < 1.29 is 0 Å². The number of nitrogens with zero attached hydrogens (tertiary/aromatic N) is 5. The average molecular weight is 271 g/mol. The highest BCUT2D eigenvalue weighted by molar-refractivity contribution is 5.23. The molecule has 2 aromatic heterocycles. The van der Waals surface area contributed by atoms with E-state index in [9.17, 15) is 0 Å². The molecular formula is C15H21N5. The maximum absolute atomic E-state index is 4.81. The molecule has 0 amide bonds. The molecule has 0 unspecified atom stereocenters. The smallest absolute Gasteiger partial charge is 0.156 e. The van der Waals surface area contributed by atoms with Crippen molar-refractivity contribution >= 4 is 0 Å². The monoisotopic (exact) mass is 271 g/mol. The average Bonchev–Trinajstić information content (AvgIpc) is 3.07.